The SMILES string of the molecule is Cc1sc(-c2ccco2)nc1C(=O)NCCCCN1CCOCC1. The van der Waals surface area contributed by atoms with Crippen molar-refractivity contribution >= 4 is 17.2 Å². The Morgan fingerprint density at radius 1 is 1.38 bits per heavy atom. The number of nitrogens with one attached hydrogen (secondary N) is 1. The van der Waals surface area contributed by atoms with Crippen molar-refractivity contribution in [3.63, 3.8) is 0 Å². The maximum Gasteiger partial charge on any atom is 0.271 e. The molecule has 1 aliphatic heterocycles. The number of unbranched alkanes of at least 4 members (excludes halogenated alkanes) is 1. The molecule has 1 aliphatic rings. The molecule has 0 atom stereocenters. The molecule has 0 radical (unpaired) electrons. The summed E-state index contributed by atoms with van der Waals surface area (Å²) in [4.78, 5) is 20.0. The first-order valence-electron chi connectivity index (χ1n) is 8.33. The number of rotatable bonds is 7. The van der Waals surface area contributed by atoms with E-state index in [4.69, 9.17) is 9.15 Å². The number of hydrogen-bond donors (Lipinski definition) is 1. The highest BCUT2D eigenvalue weighted by atomic mass is 32.1. The topological polar surface area (TPSA) is 67.6 Å². The van der Waals surface area contributed by atoms with E-state index in [0.717, 1.165) is 55.6 Å². The number of morpholine rings is 1. The van der Waals surface area contributed by atoms with Crippen molar-refractivity contribution < 1.29 is 13.9 Å². The van der Waals surface area contributed by atoms with Crippen LogP contribution in [0.2, 0.25) is 0 Å². The lowest BCUT2D eigenvalue weighted by Gasteiger charge is -2.26. The number of furan rings is 1. The molecule has 1 amide bonds. The zero-order valence-electron chi connectivity index (χ0n) is 13.9. The van der Waals surface area contributed by atoms with Gasteiger partial charge in [0.2, 0.25) is 0 Å². The minimum atomic E-state index is -0.104. The van der Waals surface area contributed by atoms with Crippen LogP contribution < -0.4 is 5.32 Å². The predicted molar refractivity (Wildman–Crippen MR) is 93.4 cm³/mol. The van der Waals surface area contributed by atoms with Crippen molar-refractivity contribution in [2.75, 3.05) is 39.4 Å². The zero-order chi connectivity index (χ0) is 16.8. The van der Waals surface area contributed by atoms with Crippen LogP contribution in [0.4, 0.5) is 0 Å². The van der Waals surface area contributed by atoms with E-state index in [2.05, 4.69) is 15.2 Å². The third-order valence-electron chi connectivity index (χ3n) is 4.03. The molecule has 0 saturated carbocycles. The van der Waals surface area contributed by atoms with E-state index < -0.39 is 0 Å². The standard InChI is InChI=1S/C17H23N3O3S/c1-13-15(19-17(24-13)14-5-4-10-23-14)16(21)18-6-2-3-7-20-8-11-22-12-9-20/h4-5,10H,2-3,6-9,11-12H2,1H3,(H,18,21). The molecule has 7 heteroatoms. The van der Waals surface area contributed by atoms with Gasteiger partial charge in [0.25, 0.3) is 5.91 Å². The maximum atomic E-state index is 12.3. The van der Waals surface area contributed by atoms with Crippen LogP contribution in [-0.4, -0.2) is 55.2 Å². The Kier molecular flexibility index (Phi) is 6.01. The minimum Gasteiger partial charge on any atom is -0.462 e. The largest absolute Gasteiger partial charge is 0.462 e. The number of hydrogen-bond acceptors (Lipinski definition) is 6. The van der Waals surface area contributed by atoms with Gasteiger partial charge in [-0.1, -0.05) is 0 Å². The second-order valence-electron chi connectivity index (χ2n) is 5.82. The molecule has 1 fully saturated rings. The van der Waals surface area contributed by atoms with Crippen molar-refractivity contribution in [2.45, 2.75) is 19.8 Å². The van der Waals surface area contributed by atoms with Crippen molar-refractivity contribution in [3.05, 3.63) is 29.0 Å². The zero-order valence-corrected chi connectivity index (χ0v) is 14.7. The molecule has 0 unspecified atom stereocenters. The summed E-state index contributed by atoms with van der Waals surface area (Å²) in [5, 5.41) is 3.71. The van der Waals surface area contributed by atoms with Crippen LogP contribution in [0.25, 0.3) is 10.8 Å². The van der Waals surface area contributed by atoms with Crippen LogP contribution in [0.1, 0.15) is 28.2 Å². The summed E-state index contributed by atoms with van der Waals surface area (Å²) in [6, 6.07) is 3.67. The van der Waals surface area contributed by atoms with Gasteiger partial charge >= 0.3 is 0 Å². The normalized spacial score (nSPS) is 15.5. The van der Waals surface area contributed by atoms with Gasteiger partial charge in [-0.05, 0) is 38.4 Å². The van der Waals surface area contributed by atoms with Gasteiger partial charge in [-0.15, -0.1) is 11.3 Å². The Morgan fingerprint density at radius 2 is 2.21 bits per heavy atom. The van der Waals surface area contributed by atoms with Gasteiger partial charge < -0.3 is 14.5 Å². The molecule has 130 valence electrons. The first kappa shape index (κ1) is 17.1. The Labute approximate surface area is 145 Å². The molecule has 3 heterocycles. The van der Waals surface area contributed by atoms with Gasteiger partial charge in [-0.2, -0.15) is 0 Å². The van der Waals surface area contributed by atoms with E-state index in [1.54, 1.807) is 6.26 Å². The molecule has 0 aliphatic carbocycles. The molecule has 1 N–H and O–H groups in total. The van der Waals surface area contributed by atoms with Crippen LogP contribution in [-0.2, 0) is 4.74 Å². The van der Waals surface area contributed by atoms with Gasteiger partial charge in [0.15, 0.2) is 10.8 Å². The fourth-order valence-electron chi connectivity index (χ4n) is 2.68. The summed E-state index contributed by atoms with van der Waals surface area (Å²) >= 11 is 1.48. The molecule has 2 aromatic rings. The second-order valence-corrected chi connectivity index (χ2v) is 7.02. The Morgan fingerprint density at radius 3 is 2.96 bits per heavy atom. The number of aryl methyl sites for hydroxylation is 1. The minimum absolute atomic E-state index is 0.104. The van der Waals surface area contributed by atoms with Gasteiger partial charge in [0.05, 0.1) is 19.5 Å². The van der Waals surface area contributed by atoms with E-state index in [1.165, 1.54) is 11.3 Å². The molecular formula is C17H23N3O3S. The van der Waals surface area contributed by atoms with Crippen LogP contribution >= 0.6 is 11.3 Å². The summed E-state index contributed by atoms with van der Waals surface area (Å²) in [7, 11) is 0. The predicted octanol–water partition coefficient (Wildman–Crippen LogP) is 2.55. The number of carbonyl (C=O) groups excluding carboxylic acids is 1. The lowest BCUT2D eigenvalue weighted by molar-refractivity contribution is 0.0372. The van der Waals surface area contributed by atoms with Crippen LogP contribution in [0.15, 0.2) is 22.8 Å². The number of aromatic nitrogens is 1. The molecule has 0 aromatic carbocycles. The van der Waals surface area contributed by atoms with Gasteiger partial charge in [-0.25, -0.2) is 4.98 Å². The smallest absolute Gasteiger partial charge is 0.271 e. The van der Waals surface area contributed by atoms with Crippen molar-refractivity contribution in [2.24, 2.45) is 0 Å². The van der Waals surface area contributed by atoms with Crippen LogP contribution in [0.5, 0.6) is 0 Å². The quantitative estimate of drug-likeness (QED) is 0.778. The van der Waals surface area contributed by atoms with E-state index in [9.17, 15) is 4.79 Å². The molecule has 2 aromatic heterocycles. The highest BCUT2D eigenvalue weighted by Crippen LogP contribution is 2.27. The van der Waals surface area contributed by atoms with E-state index in [0.29, 0.717) is 18.0 Å². The van der Waals surface area contributed by atoms with E-state index >= 15 is 0 Å². The number of ether oxygens (including phenoxy) is 1. The fraction of sp³-hybridized carbons (Fsp3) is 0.529. The first-order valence-corrected chi connectivity index (χ1v) is 9.15. The molecule has 0 spiro atoms. The maximum absolute atomic E-state index is 12.3. The third-order valence-corrected chi connectivity index (χ3v) is 5.02. The summed E-state index contributed by atoms with van der Waals surface area (Å²) in [6.45, 7) is 7.35. The van der Waals surface area contributed by atoms with Crippen molar-refractivity contribution in [1.82, 2.24) is 15.2 Å². The molecule has 1 saturated heterocycles. The summed E-state index contributed by atoms with van der Waals surface area (Å²) in [6.07, 6.45) is 3.66. The number of carbonyl (C=O) groups is 1. The molecule has 24 heavy (non-hydrogen) atoms. The average molecular weight is 349 g/mol. The number of nitrogens with zero attached hydrogens (tertiary/aromatic N) is 2. The van der Waals surface area contributed by atoms with E-state index in [-0.39, 0.29) is 5.91 Å². The van der Waals surface area contributed by atoms with Crippen molar-refractivity contribution in [3.8, 4) is 10.8 Å². The van der Waals surface area contributed by atoms with Crippen LogP contribution in [0.3, 0.4) is 0 Å². The monoisotopic (exact) mass is 349 g/mol. The highest BCUT2D eigenvalue weighted by molar-refractivity contribution is 7.15. The second kappa shape index (κ2) is 8.41. The fourth-order valence-corrected chi connectivity index (χ4v) is 3.56. The first-order chi connectivity index (χ1) is 11.7. The highest BCUT2D eigenvalue weighted by Gasteiger charge is 2.17. The van der Waals surface area contributed by atoms with Crippen molar-refractivity contribution in [1.29, 1.82) is 0 Å². The van der Waals surface area contributed by atoms with Gasteiger partial charge in [-0.3, -0.25) is 9.69 Å². The summed E-state index contributed by atoms with van der Waals surface area (Å²) in [5.74, 6) is 0.598. The molecule has 6 nitrogen and oxygen atoms in total. The Bertz CT molecular complexity index is 648. The third kappa shape index (κ3) is 4.43. The van der Waals surface area contributed by atoms with Crippen LogP contribution in [0, 0.1) is 6.92 Å². The summed E-state index contributed by atoms with van der Waals surface area (Å²) in [5.41, 5.74) is 0.500. The lowest BCUT2D eigenvalue weighted by Crippen LogP contribution is -2.37. The van der Waals surface area contributed by atoms with Gasteiger partial charge in [0.1, 0.15) is 5.69 Å². The number of thiazole rings is 1. The Hall–Kier alpha value is -1.70. The molecular weight excluding hydrogens is 326 g/mol. The van der Waals surface area contributed by atoms with Gasteiger partial charge in [0, 0.05) is 24.5 Å². The summed E-state index contributed by atoms with van der Waals surface area (Å²) < 4.78 is 10.7. The molecule has 3 rings (SSSR count). The Balaban J connectivity index is 1.42. The average Bonchev–Trinajstić information content (AvgIpc) is 3.24. The van der Waals surface area contributed by atoms with E-state index in [1.807, 2.05) is 19.1 Å². The molecule has 0 bridgehead atoms. The number of amides is 1. The lowest BCUT2D eigenvalue weighted by atomic mass is 10.2.